The molecule has 3 nitrogen and oxygen atoms in total. The van der Waals surface area contributed by atoms with Gasteiger partial charge in [-0.25, -0.2) is 0 Å². The van der Waals surface area contributed by atoms with Crippen molar-refractivity contribution in [2.75, 3.05) is 19.0 Å². The molecule has 1 rings (SSSR count). The first-order valence-electron chi connectivity index (χ1n) is 4.82. The van der Waals surface area contributed by atoms with Gasteiger partial charge in [-0.3, -0.25) is 0 Å². The number of aliphatic hydroxyl groups excluding tert-OH is 1. The number of anilines is 1. The van der Waals surface area contributed by atoms with Gasteiger partial charge >= 0.3 is 0 Å². The Hall–Kier alpha value is -0.640. The minimum Gasteiger partial charge on any atom is -0.495 e. The van der Waals surface area contributed by atoms with Gasteiger partial charge in [0.05, 0.1) is 30.0 Å². The highest BCUT2D eigenvalue weighted by atomic mass is 35.5. The molecule has 1 aromatic rings. The van der Waals surface area contributed by atoms with Gasteiger partial charge in [-0.15, -0.1) is 0 Å². The van der Waals surface area contributed by atoms with Crippen LogP contribution in [0.25, 0.3) is 0 Å². The second-order valence-corrected chi connectivity index (χ2v) is 4.87. The Morgan fingerprint density at radius 2 is 1.94 bits per heavy atom. The Kier molecular flexibility index (Phi) is 4.30. The maximum atomic E-state index is 9.15. The van der Waals surface area contributed by atoms with Crippen molar-refractivity contribution in [3.8, 4) is 5.75 Å². The molecule has 5 heteroatoms. The molecule has 0 aliphatic carbocycles. The normalized spacial score (nSPS) is 11.4. The number of hydrogen-bond donors (Lipinski definition) is 2. The van der Waals surface area contributed by atoms with Gasteiger partial charge in [-0.05, 0) is 26.0 Å². The Morgan fingerprint density at radius 1 is 1.31 bits per heavy atom. The highest BCUT2D eigenvalue weighted by Gasteiger charge is 2.19. The number of aliphatic hydroxyl groups is 1. The maximum Gasteiger partial charge on any atom is 0.139 e. The number of methoxy groups -OCH3 is 1. The van der Waals surface area contributed by atoms with E-state index in [1.165, 1.54) is 7.11 Å². The standard InChI is InChI=1S/C11H15Cl2NO2/c1-11(2,6-15)14-7-4-5-8(16-3)10(13)9(7)12/h4-5,14-15H,6H2,1-3H3. The Labute approximate surface area is 105 Å². The first kappa shape index (κ1) is 13.4. The van der Waals surface area contributed by atoms with Gasteiger partial charge < -0.3 is 15.2 Å². The van der Waals surface area contributed by atoms with Crippen molar-refractivity contribution < 1.29 is 9.84 Å². The second-order valence-electron chi connectivity index (χ2n) is 4.11. The molecule has 0 radical (unpaired) electrons. The van der Waals surface area contributed by atoms with E-state index in [1.807, 2.05) is 13.8 Å². The van der Waals surface area contributed by atoms with Crippen LogP contribution >= 0.6 is 23.2 Å². The van der Waals surface area contributed by atoms with Gasteiger partial charge in [0.2, 0.25) is 0 Å². The predicted octanol–water partition coefficient (Wildman–Crippen LogP) is 3.18. The topological polar surface area (TPSA) is 41.5 Å². The fourth-order valence-corrected chi connectivity index (χ4v) is 1.64. The third-order valence-electron chi connectivity index (χ3n) is 2.14. The van der Waals surface area contributed by atoms with Crippen LogP contribution in [-0.2, 0) is 0 Å². The summed E-state index contributed by atoms with van der Waals surface area (Å²) in [6.45, 7) is 3.72. The predicted molar refractivity (Wildman–Crippen MR) is 67.8 cm³/mol. The minimum absolute atomic E-state index is 0.00697. The molecular formula is C11H15Cl2NO2. The number of hydrogen-bond acceptors (Lipinski definition) is 3. The van der Waals surface area contributed by atoms with E-state index in [2.05, 4.69) is 5.32 Å². The lowest BCUT2D eigenvalue weighted by Crippen LogP contribution is -2.35. The summed E-state index contributed by atoms with van der Waals surface area (Å²) in [6.07, 6.45) is 0. The van der Waals surface area contributed by atoms with E-state index in [9.17, 15) is 0 Å². The van der Waals surface area contributed by atoms with Gasteiger partial charge in [0.25, 0.3) is 0 Å². The number of benzene rings is 1. The highest BCUT2D eigenvalue weighted by Crippen LogP contribution is 2.38. The van der Waals surface area contributed by atoms with Crippen LogP contribution in [-0.4, -0.2) is 24.4 Å². The number of ether oxygens (including phenoxy) is 1. The lowest BCUT2D eigenvalue weighted by Gasteiger charge is -2.26. The van der Waals surface area contributed by atoms with Crippen molar-refractivity contribution in [2.24, 2.45) is 0 Å². The van der Waals surface area contributed by atoms with E-state index >= 15 is 0 Å². The average Bonchev–Trinajstić information content (AvgIpc) is 2.25. The van der Waals surface area contributed by atoms with Crippen molar-refractivity contribution in [1.82, 2.24) is 0 Å². The van der Waals surface area contributed by atoms with E-state index < -0.39 is 5.54 Å². The van der Waals surface area contributed by atoms with Crippen LogP contribution < -0.4 is 10.1 Å². The van der Waals surface area contributed by atoms with Crippen LogP contribution in [0.15, 0.2) is 12.1 Å². The van der Waals surface area contributed by atoms with Gasteiger partial charge in [0.15, 0.2) is 0 Å². The van der Waals surface area contributed by atoms with Crippen molar-refractivity contribution in [3.63, 3.8) is 0 Å². The summed E-state index contributed by atoms with van der Waals surface area (Å²) < 4.78 is 5.04. The molecule has 0 atom stereocenters. The number of halogens is 2. The van der Waals surface area contributed by atoms with Crippen LogP contribution in [0.1, 0.15) is 13.8 Å². The summed E-state index contributed by atoms with van der Waals surface area (Å²) in [5.74, 6) is 0.527. The zero-order valence-corrected chi connectivity index (χ0v) is 11.0. The summed E-state index contributed by atoms with van der Waals surface area (Å²) in [6, 6.07) is 3.49. The molecule has 1 aromatic carbocycles. The lowest BCUT2D eigenvalue weighted by atomic mass is 10.1. The van der Waals surface area contributed by atoms with E-state index in [4.69, 9.17) is 33.0 Å². The molecule has 0 spiro atoms. The zero-order valence-electron chi connectivity index (χ0n) is 9.47. The third kappa shape index (κ3) is 2.94. The van der Waals surface area contributed by atoms with Crippen molar-refractivity contribution in [2.45, 2.75) is 19.4 Å². The van der Waals surface area contributed by atoms with E-state index in [0.29, 0.717) is 21.5 Å². The summed E-state index contributed by atoms with van der Waals surface area (Å²) in [4.78, 5) is 0. The third-order valence-corrected chi connectivity index (χ3v) is 3.00. The Morgan fingerprint density at radius 3 is 2.44 bits per heavy atom. The summed E-state index contributed by atoms with van der Waals surface area (Å²) >= 11 is 12.1. The highest BCUT2D eigenvalue weighted by molar-refractivity contribution is 6.44. The quantitative estimate of drug-likeness (QED) is 0.877. The van der Waals surface area contributed by atoms with Crippen LogP contribution in [0.4, 0.5) is 5.69 Å². The van der Waals surface area contributed by atoms with Gasteiger partial charge in [-0.2, -0.15) is 0 Å². The molecular weight excluding hydrogens is 249 g/mol. The maximum absolute atomic E-state index is 9.15. The molecule has 2 N–H and O–H groups in total. The van der Waals surface area contributed by atoms with Crippen LogP contribution in [0.2, 0.25) is 10.0 Å². The zero-order chi connectivity index (χ0) is 12.3. The van der Waals surface area contributed by atoms with Crippen LogP contribution in [0.5, 0.6) is 5.75 Å². The average molecular weight is 264 g/mol. The minimum atomic E-state index is -0.457. The van der Waals surface area contributed by atoms with Crippen molar-refractivity contribution in [3.05, 3.63) is 22.2 Å². The molecule has 0 aromatic heterocycles. The largest absolute Gasteiger partial charge is 0.495 e. The molecule has 0 amide bonds. The monoisotopic (exact) mass is 263 g/mol. The molecule has 16 heavy (non-hydrogen) atoms. The number of rotatable bonds is 4. The molecule has 0 aliphatic rings. The van der Waals surface area contributed by atoms with E-state index in [-0.39, 0.29) is 6.61 Å². The van der Waals surface area contributed by atoms with Gasteiger partial charge in [0.1, 0.15) is 10.8 Å². The van der Waals surface area contributed by atoms with Crippen LogP contribution in [0.3, 0.4) is 0 Å². The van der Waals surface area contributed by atoms with Crippen LogP contribution in [0, 0.1) is 0 Å². The van der Waals surface area contributed by atoms with Crippen molar-refractivity contribution in [1.29, 1.82) is 0 Å². The lowest BCUT2D eigenvalue weighted by molar-refractivity contribution is 0.234. The molecule has 90 valence electrons. The first-order chi connectivity index (χ1) is 7.41. The molecule has 0 fully saturated rings. The fraction of sp³-hybridized carbons (Fsp3) is 0.455. The SMILES string of the molecule is COc1ccc(NC(C)(C)CO)c(Cl)c1Cl. The van der Waals surface area contributed by atoms with Gasteiger partial charge in [-0.1, -0.05) is 23.2 Å². The fourth-order valence-electron chi connectivity index (χ4n) is 1.19. The number of nitrogens with one attached hydrogen (secondary N) is 1. The summed E-state index contributed by atoms with van der Waals surface area (Å²) in [7, 11) is 1.53. The Bertz CT molecular complexity index is 380. The molecule has 0 heterocycles. The molecule has 0 saturated heterocycles. The molecule has 0 saturated carbocycles. The molecule has 0 unspecified atom stereocenters. The van der Waals surface area contributed by atoms with Gasteiger partial charge in [0, 0.05) is 0 Å². The summed E-state index contributed by atoms with van der Waals surface area (Å²) in [5.41, 5.74) is 0.216. The van der Waals surface area contributed by atoms with E-state index in [0.717, 1.165) is 0 Å². The van der Waals surface area contributed by atoms with Crippen molar-refractivity contribution >= 4 is 28.9 Å². The summed E-state index contributed by atoms with van der Waals surface area (Å²) in [5, 5.41) is 13.0. The Balaban J connectivity index is 3.04. The second kappa shape index (κ2) is 5.13. The van der Waals surface area contributed by atoms with E-state index in [1.54, 1.807) is 12.1 Å². The first-order valence-corrected chi connectivity index (χ1v) is 5.58. The smallest absolute Gasteiger partial charge is 0.139 e. The molecule has 0 bridgehead atoms. The molecule has 0 aliphatic heterocycles.